The SMILES string of the molecule is CC.CN(C)c1ccc(C=C2C=CC(=[N+](C)C)C=C2)cc1. The van der Waals surface area contributed by atoms with E-state index in [1.165, 1.54) is 22.5 Å². The first-order chi connectivity index (χ1) is 10.1. The van der Waals surface area contributed by atoms with Gasteiger partial charge in [0.2, 0.25) is 0 Å². The Morgan fingerprint density at radius 1 is 0.857 bits per heavy atom. The smallest absolute Gasteiger partial charge is 0.199 e. The lowest BCUT2D eigenvalue weighted by molar-refractivity contribution is -0.462. The number of anilines is 1. The van der Waals surface area contributed by atoms with Crippen LogP contribution >= 0.6 is 0 Å². The zero-order valence-corrected chi connectivity index (χ0v) is 14.1. The monoisotopic (exact) mass is 283 g/mol. The van der Waals surface area contributed by atoms with E-state index in [0.717, 1.165) is 0 Å². The Morgan fingerprint density at radius 2 is 1.38 bits per heavy atom. The van der Waals surface area contributed by atoms with Crippen LogP contribution in [-0.4, -0.2) is 38.5 Å². The van der Waals surface area contributed by atoms with E-state index in [2.05, 4.69) is 92.3 Å². The van der Waals surface area contributed by atoms with Gasteiger partial charge in [-0.1, -0.05) is 26.0 Å². The van der Waals surface area contributed by atoms with Crippen molar-refractivity contribution in [3.05, 3.63) is 59.7 Å². The van der Waals surface area contributed by atoms with Crippen LogP contribution in [0.4, 0.5) is 5.69 Å². The number of hydrogen-bond acceptors (Lipinski definition) is 1. The zero-order valence-electron chi connectivity index (χ0n) is 14.1. The molecule has 0 aliphatic heterocycles. The number of nitrogens with zero attached hydrogens (tertiary/aromatic N) is 2. The lowest BCUT2D eigenvalue weighted by atomic mass is 10.0. The molecule has 0 bridgehead atoms. The molecule has 0 atom stereocenters. The van der Waals surface area contributed by atoms with Crippen LogP contribution in [0.3, 0.4) is 0 Å². The van der Waals surface area contributed by atoms with Gasteiger partial charge < -0.3 is 4.90 Å². The molecule has 2 nitrogen and oxygen atoms in total. The fourth-order valence-electron chi connectivity index (χ4n) is 1.93. The maximum absolute atomic E-state index is 2.19. The van der Waals surface area contributed by atoms with Crippen molar-refractivity contribution >= 4 is 17.5 Å². The molecule has 0 heterocycles. The van der Waals surface area contributed by atoms with Crippen molar-refractivity contribution in [3.63, 3.8) is 0 Å². The molecule has 0 N–H and O–H groups in total. The van der Waals surface area contributed by atoms with E-state index < -0.39 is 0 Å². The standard InChI is InChI=1S/C17H21N2.C2H6/c1-18(2)16-9-5-14(6-10-16)13-15-7-11-17(12-8-15)19(3)4;1-2/h5-13H,1-4H3;1-2H3/q+1;. The molecule has 2 heteroatoms. The number of rotatable bonds is 2. The molecule has 0 saturated carbocycles. The lowest BCUT2D eigenvalue weighted by Gasteiger charge is -2.12. The first-order valence-electron chi connectivity index (χ1n) is 7.46. The predicted molar refractivity (Wildman–Crippen MR) is 95.5 cm³/mol. The molecular weight excluding hydrogens is 256 g/mol. The third kappa shape index (κ3) is 5.07. The van der Waals surface area contributed by atoms with Crippen molar-refractivity contribution in [3.8, 4) is 0 Å². The Labute approximate surface area is 129 Å². The molecule has 0 unspecified atom stereocenters. The average Bonchev–Trinajstić information content (AvgIpc) is 2.50. The van der Waals surface area contributed by atoms with Crippen LogP contribution in [0.2, 0.25) is 0 Å². The molecule has 0 radical (unpaired) electrons. The molecule has 0 amide bonds. The summed E-state index contributed by atoms with van der Waals surface area (Å²) in [5, 5.41) is 0. The highest BCUT2D eigenvalue weighted by Gasteiger charge is 2.04. The van der Waals surface area contributed by atoms with Gasteiger partial charge in [0, 0.05) is 31.9 Å². The van der Waals surface area contributed by atoms with Crippen molar-refractivity contribution in [2.45, 2.75) is 13.8 Å². The predicted octanol–water partition coefficient (Wildman–Crippen LogP) is 4.00. The molecule has 112 valence electrons. The normalized spacial score (nSPS) is 12.7. The maximum Gasteiger partial charge on any atom is 0.199 e. The second-order valence-corrected chi connectivity index (χ2v) is 5.12. The van der Waals surface area contributed by atoms with E-state index in [1.54, 1.807) is 0 Å². The van der Waals surface area contributed by atoms with E-state index in [4.69, 9.17) is 0 Å². The van der Waals surface area contributed by atoms with Gasteiger partial charge in [0.1, 0.15) is 14.1 Å². The Hall–Kier alpha value is -2.09. The summed E-state index contributed by atoms with van der Waals surface area (Å²) in [6, 6.07) is 8.57. The molecule has 0 fully saturated rings. The van der Waals surface area contributed by atoms with Crippen molar-refractivity contribution in [1.29, 1.82) is 0 Å². The third-order valence-electron chi connectivity index (χ3n) is 3.15. The Bertz CT molecular complexity index is 548. The molecule has 1 aliphatic rings. The summed E-state index contributed by atoms with van der Waals surface area (Å²) in [5.74, 6) is 0. The van der Waals surface area contributed by atoms with Crippen LogP contribution in [-0.2, 0) is 0 Å². The van der Waals surface area contributed by atoms with Gasteiger partial charge in [-0.05, 0) is 41.5 Å². The Morgan fingerprint density at radius 3 is 1.81 bits per heavy atom. The van der Waals surface area contributed by atoms with Gasteiger partial charge in [-0.2, -0.15) is 0 Å². The van der Waals surface area contributed by atoms with Crippen LogP contribution in [0.1, 0.15) is 19.4 Å². The highest BCUT2D eigenvalue weighted by molar-refractivity contribution is 6.02. The fraction of sp³-hybridized carbons (Fsp3) is 0.316. The summed E-state index contributed by atoms with van der Waals surface area (Å²) in [7, 11) is 8.22. The fourth-order valence-corrected chi connectivity index (χ4v) is 1.93. The van der Waals surface area contributed by atoms with Crippen LogP contribution in [0.25, 0.3) is 6.08 Å². The first kappa shape index (κ1) is 17.0. The minimum absolute atomic E-state index is 1.22. The van der Waals surface area contributed by atoms with Gasteiger partial charge in [-0.25, -0.2) is 4.58 Å². The van der Waals surface area contributed by atoms with E-state index >= 15 is 0 Å². The summed E-state index contributed by atoms with van der Waals surface area (Å²) >= 11 is 0. The lowest BCUT2D eigenvalue weighted by Crippen LogP contribution is -2.09. The summed E-state index contributed by atoms with van der Waals surface area (Å²) in [6.45, 7) is 4.00. The highest BCUT2D eigenvalue weighted by Crippen LogP contribution is 2.16. The maximum atomic E-state index is 2.19. The minimum Gasteiger partial charge on any atom is -0.378 e. The van der Waals surface area contributed by atoms with Crippen LogP contribution in [0.15, 0.2) is 54.1 Å². The molecule has 21 heavy (non-hydrogen) atoms. The van der Waals surface area contributed by atoms with E-state index in [9.17, 15) is 0 Å². The molecule has 0 aromatic heterocycles. The van der Waals surface area contributed by atoms with Gasteiger partial charge in [0.15, 0.2) is 5.71 Å². The Balaban J connectivity index is 0.00000106. The number of allylic oxidation sites excluding steroid dienone is 5. The topological polar surface area (TPSA) is 6.25 Å². The van der Waals surface area contributed by atoms with Gasteiger partial charge in [0.05, 0.1) is 0 Å². The molecule has 1 aromatic rings. The van der Waals surface area contributed by atoms with Crippen molar-refractivity contribution in [2.24, 2.45) is 0 Å². The molecule has 2 rings (SSSR count). The summed E-state index contributed by atoms with van der Waals surface area (Å²) in [4.78, 5) is 2.11. The Kier molecular flexibility index (Phi) is 6.67. The largest absolute Gasteiger partial charge is 0.378 e. The highest BCUT2D eigenvalue weighted by atomic mass is 15.1. The van der Waals surface area contributed by atoms with Gasteiger partial charge in [-0.3, -0.25) is 0 Å². The van der Waals surface area contributed by atoms with Gasteiger partial charge in [-0.15, -0.1) is 0 Å². The molecular formula is C19H27N2+. The molecule has 0 spiro atoms. The summed E-state index contributed by atoms with van der Waals surface area (Å²) < 4.78 is 2.11. The van der Waals surface area contributed by atoms with E-state index in [-0.39, 0.29) is 0 Å². The zero-order chi connectivity index (χ0) is 15.8. The van der Waals surface area contributed by atoms with Gasteiger partial charge in [0.25, 0.3) is 0 Å². The molecule has 1 aromatic carbocycles. The van der Waals surface area contributed by atoms with Crippen molar-refractivity contribution < 1.29 is 4.58 Å². The quantitative estimate of drug-likeness (QED) is 0.744. The van der Waals surface area contributed by atoms with E-state index in [1.807, 2.05) is 13.8 Å². The van der Waals surface area contributed by atoms with Gasteiger partial charge >= 0.3 is 0 Å². The molecule has 0 saturated heterocycles. The first-order valence-corrected chi connectivity index (χ1v) is 7.46. The molecule has 1 aliphatic carbocycles. The number of hydrogen-bond donors (Lipinski definition) is 0. The van der Waals surface area contributed by atoms with E-state index in [0.29, 0.717) is 0 Å². The van der Waals surface area contributed by atoms with Crippen LogP contribution in [0.5, 0.6) is 0 Å². The second-order valence-electron chi connectivity index (χ2n) is 5.12. The summed E-state index contributed by atoms with van der Waals surface area (Å²) in [5.41, 5.74) is 4.90. The average molecular weight is 283 g/mol. The second kappa shape index (κ2) is 8.25. The number of benzene rings is 1. The van der Waals surface area contributed by atoms with Crippen molar-refractivity contribution in [2.75, 3.05) is 33.1 Å². The third-order valence-corrected chi connectivity index (χ3v) is 3.15. The van der Waals surface area contributed by atoms with Crippen LogP contribution in [0, 0.1) is 0 Å². The summed E-state index contributed by atoms with van der Waals surface area (Å²) in [6.07, 6.45) is 10.8. The van der Waals surface area contributed by atoms with Crippen molar-refractivity contribution in [1.82, 2.24) is 0 Å². The van der Waals surface area contributed by atoms with Crippen LogP contribution < -0.4 is 4.90 Å². The minimum atomic E-state index is 1.22.